The van der Waals surface area contributed by atoms with E-state index in [0.717, 1.165) is 29.7 Å². The van der Waals surface area contributed by atoms with Gasteiger partial charge in [0.05, 0.1) is 12.1 Å². The number of amides is 1. The number of benzene rings is 1. The number of carbonyl (C=O) groups is 1. The van der Waals surface area contributed by atoms with Crippen LogP contribution in [0, 0.1) is 5.92 Å². The van der Waals surface area contributed by atoms with Gasteiger partial charge in [-0.05, 0) is 37.9 Å². The topological polar surface area (TPSA) is 45.5 Å². The number of furan rings is 1. The molecule has 1 aliphatic rings. The van der Waals surface area contributed by atoms with Crippen molar-refractivity contribution in [1.82, 2.24) is 10.2 Å². The zero-order valence-electron chi connectivity index (χ0n) is 12.8. The SMILES string of the molecule is CC1CCNC1C(=O)N(C)C(C)c1cc2ccccc2o1. The molecule has 3 unspecified atom stereocenters. The fourth-order valence-corrected chi connectivity index (χ4v) is 2.97. The molecule has 0 aliphatic carbocycles. The van der Waals surface area contributed by atoms with Crippen LogP contribution in [-0.2, 0) is 4.79 Å². The fraction of sp³-hybridized carbons (Fsp3) is 0.471. The summed E-state index contributed by atoms with van der Waals surface area (Å²) in [6.45, 7) is 5.06. The summed E-state index contributed by atoms with van der Waals surface area (Å²) in [7, 11) is 1.85. The van der Waals surface area contributed by atoms with E-state index in [1.54, 1.807) is 4.90 Å². The van der Waals surface area contributed by atoms with Crippen molar-refractivity contribution < 1.29 is 9.21 Å². The molecule has 21 heavy (non-hydrogen) atoms. The summed E-state index contributed by atoms with van der Waals surface area (Å²) < 4.78 is 5.88. The summed E-state index contributed by atoms with van der Waals surface area (Å²) in [5.74, 6) is 1.37. The number of nitrogens with zero attached hydrogens (tertiary/aromatic N) is 1. The highest BCUT2D eigenvalue weighted by molar-refractivity contribution is 5.83. The summed E-state index contributed by atoms with van der Waals surface area (Å²) in [6.07, 6.45) is 1.06. The number of carbonyl (C=O) groups excluding carboxylic acids is 1. The highest BCUT2D eigenvalue weighted by atomic mass is 16.3. The third-order valence-corrected chi connectivity index (χ3v) is 4.58. The van der Waals surface area contributed by atoms with Gasteiger partial charge in [0.25, 0.3) is 0 Å². The number of hydrogen-bond acceptors (Lipinski definition) is 3. The second kappa shape index (κ2) is 5.53. The van der Waals surface area contributed by atoms with Crippen LogP contribution in [0.3, 0.4) is 0 Å². The smallest absolute Gasteiger partial charge is 0.240 e. The minimum absolute atomic E-state index is 0.0678. The largest absolute Gasteiger partial charge is 0.459 e. The molecule has 112 valence electrons. The molecule has 3 atom stereocenters. The van der Waals surface area contributed by atoms with Crippen LogP contribution < -0.4 is 5.32 Å². The lowest BCUT2D eigenvalue weighted by Gasteiger charge is -2.27. The Bertz CT molecular complexity index is 616. The van der Waals surface area contributed by atoms with Gasteiger partial charge in [0.2, 0.25) is 5.91 Å². The van der Waals surface area contributed by atoms with E-state index in [2.05, 4.69) is 12.2 Å². The number of likely N-dealkylation sites (N-methyl/N-ethyl adjacent to an activating group) is 1. The van der Waals surface area contributed by atoms with Gasteiger partial charge in [-0.1, -0.05) is 25.1 Å². The molecule has 4 heteroatoms. The van der Waals surface area contributed by atoms with E-state index in [1.807, 2.05) is 44.3 Å². The second-order valence-corrected chi connectivity index (χ2v) is 6.01. The molecule has 1 aliphatic heterocycles. The Labute approximate surface area is 125 Å². The lowest BCUT2D eigenvalue weighted by molar-refractivity contribution is -0.134. The van der Waals surface area contributed by atoms with E-state index in [9.17, 15) is 4.79 Å². The molecular weight excluding hydrogens is 264 g/mol. The molecule has 0 bridgehead atoms. The van der Waals surface area contributed by atoms with Crippen LogP contribution in [-0.4, -0.2) is 30.4 Å². The van der Waals surface area contributed by atoms with Crippen molar-refractivity contribution >= 4 is 16.9 Å². The summed E-state index contributed by atoms with van der Waals surface area (Å²) in [4.78, 5) is 14.4. The molecular formula is C17H22N2O2. The number of hydrogen-bond donors (Lipinski definition) is 1. The molecule has 1 aromatic heterocycles. The third kappa shape index (κ3) is 2.56. The van der Waals surface area contributed by atoms with Gasteiger partial charge in [-0.25, -0.2) is 0 Å². The Balaban J connectivity index is 1.80. The molecule has 0 spiro atoms. The van der Waals surface area contributed by atoms with Crippen molar-refractivity contribution in [3.63, 3.8) is 0 Å². The van der Waals surface area contributed by atoms with Crippen LogP contribution in [0.1, 0.15) is 32.1 Å². The van der Waals surface area contributed by atoms with Gasteiger partial charge in [0.1, 0.15) is 11.3 Å². The summed E-state index contributed by atoms with van der Waals surface area (Å²) in [6, 6.07) is 9.81. The maximum absolute atomic E-state index is 12.6. The van der Waals surface area contributed by atoms with Crippen LogP contribution in [0.5, 0.6) is 0 Å². The molecule has 4 nitrogen and oxygen atoms in total. The van der Waals surface area contributed by atoms with Crippen LogP contribution in [0.4, 0.5) is 0 Å². The van der Waals surface area contributed by atoms with Gasteiger partial charge in [-0.15, -0.1) is 0 Å². The number of nitrogens with one attached hydrogen (secondary N) is 1. The van der Waals surface area contributed by atoms with Gasteiger partial charge in [-0.2, -0.15) is 0 Å². The standard InChI is InChI=1S/C17H22N2O2/c1-11-8-9-18-16(11)17(20)19(3)12(2)15-10-13-6-4-5-7-14(13)21-15/h4-7,10-12,16,18H,8-9H2,1-3H3. The molecule has 1 N–H and O–H groups in total. The minimum Gasteiger partial charge on any atom is -0.459 e. The van der Waals surface area contributed by atoms with Crippen LogP contribution in [0.2, 0.25) is 0 Å². The monoisotopic (exact) mass is 286 g/mol. The maximum atomic E-state index is 12.6. The predicted octanol–water partition coefficient (Wildman–Crippen LogP) is 2.95. The molecule has 1 aromatic carbocycles. The number of fused-ring (bicyclic) bond motifs is 1. The van der Waals surface area contributed by atoms with Gasteiger partial charge >= 0.3 is 0 Å². The number of rotatable bonds is 3. The Kier molecular flexibility index (Phi) is 3.72. The normalized spacial score (nSPS) is 23.4. The Hall–Kier alpha value is -1.81. The van der Waals surface area contributed by atoms with E-state index >= 15 is 0 Å². The van der Waals surface area contributed by atoms with Crippen LogP contribution >= 0.6 is 0 Å². The zero-order chi connectivity index (χ0) is 15.0. The Morgan fingerprint density at radius 3 is 2.86 bits per heavy atom. The van der Waals surface area contributed by atoms with Crippen molar-refractivity contribution in [3.8, 4) is 0 Å². The van der Waals surface area contributed by atoms with E-state index in [0.29, 0.717) is 5.92 Å². The van der Waals surface area contributed by atoms with Gasteiger partial charge in [0, 0.05) is 12.4 Å². The quantitative estimate of drug-likeness (QED) is 0.943. The minimum atomic E-state index is -0.0699. The zero-order valence-corrected chi connectivity index (χ0v) is 12.8. The van der Waals surface area contributed by atoms with Crippen molar-refractivity contribution in [2.24, 2.45) is 5.92 Å². The first-order chi connectivity index (χ1) is 10.1. The van der Waals surface area contributed by atoms with Gasteiger partial charge < -0.3 is 14.6 Å². The third-order valence-electron chi connectivity index (χ3n) is 4.58. The van der Waals surface area contributed by atoms with Crippen molar-refractivity contribution in [2.45, 2.75) is 32.4 Å². The Morgan fingerprint density at radius 1 is 1.43 bits per heavy atom. The summed E-state index contributed by atoms with van der Waals surface area (Å²) in [5.41, 5.74) is 0.868. The first-order valence-electron chi connectivity index (χ1n) is 7.56. The first-order valence-corrected chi connectivity index (χ1v) is 7.56. The van der Waals surface area contributed by atoms with E-state index < -0.39 is 0 Å². The molecule has 2 aromatic rings. The van der Waals surface area contributed by atoms with Crippen molar-refractivity contribution in [3.05, 3.63) is 36.1 Å². The van der Waals surface area contributed by atoms with E-state index in [-0.39, 0.29) is 18.0 Å². The van der Waals surface area contributed by atoms with Crippen LogP contribution in [0.25, 0.3) is 11.0 Å². The van der Waals surface area contributed by atoms with Crippen molar-refractivity contribution in [1.29, 1.82) is 0 Å². The lowest BCUT2D eigenvalue weighted by Crippen LogP contribution is -2.45. The van der Waals surface area contributed by atoms with Crippen LogP contribution in [0.15, 0.2) is 34.7 Å². The maximum Gasteiger partial charge on any atom is 0.240 e. The highest BCUT2D eigenvalue weighted by Gasteiger charge is 2.33. The van der Waals surface area contributed by atoms with E-state index in [4.69, 9.17) is 4.42 Å². The molecule has 1 saturated heterocycles. The molecule has 1 amide bonds. The lowest BCUT2D eigenvalue weighted by atomic mass is 10.0. The molecule has 3 rings (SSSR count). The second-order valence-electron chi connectivity index (χ2n) is 6.01. The van der Waals surface area contributed by atoms with Gasteiger partial charge in [0.15, 0.2) is 0 Å². The molecule has 0 saturated carbocycles. The number of para-hydroxylation sites is 1. The highest BCUT2D eigenvalue weighted by Crippen LogP contribution is 2.28. The predicted molar refractivity (Wildman–Crippen MR) is 83.0 cm³/mol. The average molecular weight is 286 g/mol. The van der Waals surface area contributed by atoms with Gasteiger partial charge in [-0.3, -0.25) is 4.79 Å². The average Bonchev–Trinajstić information content (AvgIpc) is 3.10. The summed E-state index contributed by atoms with van der Waals surface area (Å²) in [5, 5.41) is 4.37. The first kappa shape index (κ1) is 14.1. The van der Waals surface area contributed by atoms with Crippen molar-refractivity contribution in [2.75, 3.05) is 13.6 Å². The fourth-order valence-electron chi connectivity index (χ4n) is 2.97. The Morgan fingerprint density at radius 2 is 2.19 bits per heavy atom. The molecule has 0 radical (unpaired) electrons. The molecule has 1 fully saturated rings. The summed E-state index contributed by atoms with van der Waals surface area (Å²) >= 11 is 0. The molecule has 2 heterocycles. The van der Waals surface area contributed by atoms with E-state index in [1.165, 1.54) is 0 Å².